The fourth-order valence-electron chi connectivity index (χ4n) is 1.51. The normalized spacial score (nSPS) is 10.1. The largest absolute Gasteiger partial charge is 0.495 e. The number of nitrogens with two attached hydrogens (primary N) is 1. The number of nitrogen functional groups attached to an aromatic ring is 1. The van der Waals surface area contributed by atoms with Crippen LogP contribution in [-0.2, 0) is 4.79 Å². The highest BCUT2D eigenvalue weighted by Gasteiger charge is 2.10. The summed E-state index contributed by atoms with van der Waals surface area (Å²) < 4.78 is 5.00. The van der Waals surface area contributed by atoms with Crippen molar-refractivity contribution < 1.29 is 14.3 Å². The third-order valence-electron chi connectivity index (χ3n) is 2.35. The van der Waals surface area contributed by atoms with E-state index in [0.717, 1.165) is 0 Å². The van der Waals surface area contributed by atoms with E-state index < -0.39 is 0 Å². The molecule has 0 aromatic heterocycles. The number of nitrogens with one attached hydrogen (secondary N) is 2. The van der Waals surface area contributed by atoms with Crippen molar-refractivity contribution in [3.05, 3.63) is 23.8 Å². The van der Waals surface area contributed by atoms with E-state index >= 15 is 0 Å². The zero-order valence-corrected chi connectivity index (χ0v) is 11.3. The van der Waals surface area contributed by atoms with Crippen molar-refractivity contribution in [3.63, 3.8) is 0 Å². The Morgan fingerprint density at radius 1 is 1.37 bits per heavy atom. The number of benzene rings is 1. The second-order valence-electron chi connectivity index (χ2n) is 4.36. The third kappa shape index (κ3) is 4.50. The summed E-state index contributed by atoms with van der Waals surface area (Å²) in [6.45, 7) is 3.64. The van der Waals surface area contributed by atoms with Crippen LogP contribution in [0.2, 0.25) is 0 Å². The molecule has 4 N–H and O–H groups in total. The molecule has 1 rings (SSSR count). The van der Waals surface area contributed by atoms with E-state index in [1.165, 1.54) is 13.2 Å². The number of carbonyl (C=O) groups excluding carboxylic acids is 2. The topological polar surface area (TPSA) is 93.4 Å². The van der Waals surface area contributed by atoms with Gasteiger partial charge in [-0.2, -0.15) is 0 Å². The van der Waals surface area contributed by atoms with Crippen molar-refractivity contribution in [2.45, 2.75) is 19.9 Å². The molecule has 1 aromatic rings. The van der Waals surface area contributed by atoms with Crippen molar-refractivity contribution in [3.8, 4) is 5.75 Å². The zero-order valence-electron chi connectivity index (χ0n) is 11.3. The quantitative estimate of drug-likeness (QED) is 0.677. The van der Waals surface area contributed by atoms with Gasteiger partial charge in [0.25, 0.3) is 5.91 Å². The van der Waals surface area contributed by atoms with Crippen LogP contribution in [0, 0.1) is 0 Å². The number of methoxy groups -OCH3 is 1. The van der Waals surface area contributed by atoms with Crippen LogP contribution in [-0.4, -0.2) is 31.5 Å². The second kappa shape index (κ2) is 6.63. The molecule has 0 spiro atoms. The Balaban J connectivity index is 2.59. The first-order valence-corrected chi connectivity index (χ1v) is 5.95. The van der Waals surface area contributed by atoms with Crippen molar-refractivity contribution in [2.75, 3.05) is 19.4 Å². The molecule has 0 aliphatic heterocycles. The minimum atomic E-state index is -0.353. The third-order valence-corrected chi connectivity index (χ3v) is 2.35. The molecule has 0 radical (unpaired) electrons. The van der Waals surface area contributed by atoms with Crippen molar-refractivity contribution in [1.29, 1.82) is 0 Å². The Labute approximate surface area is 112 Å². The first-order chi connectivity index (χ1) is 8.93. The van der Waals surface area contributed by atoms with E-state index in [9.17, 15) is 9.59 Å². The lowest BCUT2D eigenvalue weighted by Crippen LogP contribution is -2.39. The molecule has 6 heteroatoms. The number of carbonyl (C=O) groups is 2. The van der Waals surface area contributed by atoms with Gasteiger partial charge in [0.1, 0.15) is 5.75 Å². The highest BCUT2D eigenvalue weighted by Crippen LogP contribution is 2.21. The standard InChI is InChI=1S/C13H19N3O3/c1-8(2)16-12(17)7-15-13(18)9-4-5-11(19-3)10(14)6-9/h4-6,8H,7,14H2,1-3H3,(H,15,18)(H,16,17). The van der Waals surface area contributed by atoms with Crippen LogP contribution in [0.25, 0.3) is 0 Å². The lowest BCUT2D eigenvalue weighted by molar-refractivity contribution is -0.120. The lowest BCUT2D eigenvalue weighted by atomic mass is 10.1. The lowest BCUT2D eigenvalue weighted by Gasteiger charge is -2.10. The van der Waals surface area contributed by atoms with Gasteiger partial charge in [-0.3, -0.25) is 9.59 Å². The van der Waals surface area contributed by atoms with Gasteiger partial charge in [-0.15, -0.1) is 0 Å². The van der Waals surface area contributed by atoms with Crippen LogP contribution in [0.5, 0.6) is 5.75 Å². The molecule has 104 valence electrons. The number of ether oxygens (including phenoxy) is 1. The number of anilines is 1. The molecule has 0 fully saturated rings. The first kappa shape index (κ1) is 14.8. The molecule has 0 aliphatic rings. The zero-order chi connectivity index (χ0) is 14.4. The SMILES string of the molecule is COc1ccc(C(=O)NCC(=O)NC(C)C)cc1N. The molecule has 0 saturated heterocycles. The molecule has 1 aromatic carbocycles. The van der Waals surface area contributed by atoms with Gasteiger partial charge in [0.05, 0.1) is 19.3 Å². The van der Waals surface area contributed by atoms with Gasteiger partial charge in [0, 0.05) is 11.6 Å². The van der Waals surface area contributed by atoms with Gasteiger partial charge in [-0.05, 0) is 32.0 Å². The Bertz CT molecular complexity index is 472. The monoisotopic (exact) mass is 265 g/mol. The van der Waals surface area contributed by atoms with E-state index in [2.05, 4.69) is 10.6 Å². The molecule has 0 aliphatic carbocycles. The van der Waals surface area contributed by atoms with E-state index in [0.29, 0.717) is 17.0 Å². The molecule has 0 unspecified atom stereocenters. The minimum absolute atomic E-state index is 0.0426. The summed E-state index contributed by atoms with van der Waals surface area (Å²) in [5.74, 6) is -0.0767. The Morgan fingerprint density at radius 3 is 2.58 bits per heavy atom. The van der Waals surface area contributed by atoms with E-state index in [-0.39, 0.29) is 24.4 Å². The van der Waals surface area contributed by atoms with Crippen LogP contribution < -0.4 is 21.1 Å². The molecular formula is C13H19N3O3. The summed E-state index contributed by atoms with van der Waals surface area (Å²) in [7, 11) is 1.50. The summed E-state index contributed by atoms with van der Waals surface area (Å²) in [6.07, 6.45) is 0. The van der Waals surface area contributed by atoms with Gasteiger partial charge in [0.15, 0.2) is 0 Å². The molecular weight excluding hydrogens is 246 g/mol. The van der Waals surface area contributed by atoms with Crippen molar-refractivity contribution >= 4 is 17.5 Å². The average molecular weight is 265 g/mol. The maximum absolute atomic E-state index is 11.8. The van der Waals surface area contributed by atoms with Gasteiger partial charge >= 0.3 is 0 Å². The Hall–Kier alpha value is -2.24. The minimum Gasteiger partial charge on any atom is -0.495 e. The molecule has 19 heavy (non-hydrogen) atoms. The second-order valence-corrected chi connectivity index (χ2v) is 4.36. The van der Waals surface area contributed by atoms with E-state index in [4.69, 9.17) is 10.5 Å². The number of hydrogen-bond acceptors (Lipinski definition) is 4. The number of hydrogen-bond donors (Lipinski definition) is 3. The molecule has 0 atom stereocenters. The van der Waals surface area contributed by atoms with Gasteiger partial charge in [0.2, 0.25) is 5.91 Å². The fourth-order valence-corrected chi connectivity index (χ4v) is 1.51. The maximum atomic E-state index is 11.8. The van der Waals surface area contributed by atoms with Crippen molar-refractivity contribution in [2.24, 2.45) is 0 Å². The van der Waals surface area contributed by atoms with Gasteiger partial charge in [-0.1, -0.05) is 0 Å². The maximum Gasteiger partial charge on any atom is 0.251 e. The molecule has 0 bridgehead atoms. The molecule has 6 nitrogen and oxygen atoms in total. The summed E-state index contributed by atoms with van der Waals surface area (Å²) in [4.78, 5) is 23.2. The summed E-state index contributed by atoms with van der Waals surface area (Å²) in [5, 5.41) is 5.20. The van der Waals surface area contributed by atoms with Gasteiger partial charge < -0.3 is 21.1 Å². The Morgan fingerprint density at radius 2 is 2.05 bits per heavy atom. The Kier molecular flexibility index (Phi) is 5.17. The van der Waals surface area contributed by atoms with Crippen LogP contribution in [0.15, 0.2) is 18.2 Å². The van der Waals surface area contributed by atoms with Crippen LogP contribution in [0.3, 0.4) is 0 Å². The summed E-state index contributed by atoms with van der Waals surface area (Å²) >= 11 is 0. The number of rotatable bonds is 5. The van der Waals surface area contributed by atoms with Crippen LogP contribution >= 0.6 is 0 Å². The summed E-state index contributed by atoms with van der Waals surface area (Å²) in [6, 6.07) is 4.75. The average Bonchev–Trinajstić information content (AvgIpc) is 2.35. The van der Waals surface area contributed by atoms with Gasteiger partial charge in [-0.25, -0.2) is 0 Å². The van der Waals surface area contributed by atoms with Crippen LogP contribution in [0.1, 0.15) is 24.2 Å². The summed E-state index contributed by atoms with van der Waals surface area (Å²) in [5.41, 5.74) is 6.47. The first-order valence-electron chi connectivity index (χ1n) is 5.95. The fraction of sp³-hybridized carbons (Fsp3) is 0.385. The van der Waals surface area contributed by atoms with Crippen LogP contribution in [0.4, 0.5) is 5.69 Å². The smallest absolute Gasteiger partial charge is 0.251 e. The predicted molar refractivity (Wildman–Crippen MR) is 73.0 cm³/mol. The predicted octanol–water partition coefficient (Wildman–Crippen LogP) is 0.532. The van der Waals surface area contributed by atoms with E-state index in [1.54, 1.807) is 12.1 Å². The molecule has 0 saturated carbocycles. The highest BCUT2D eigenvalue weighted by atomic mass is 16.5. The highest BCUT2D eigenvalue weighted by molar-refractivity contribution is 5.97. The van der Waals surface area contributed by atoms with E-state index in [1.807, 2.05) is 13.8 Å². The van der Waals surface area contributed by atoms with Crippen molar-refractivity contribution in [1.82, 2.24) is 10.6 Å². The molecule has 0 heterocycles. The molecule has 2 amide bonds. The number of amides is 2.